The van der Waals surface area contributed by atoms with Crippen LogP contribution < -0.4 is 11.1 Å². The summed E-state index contributed by atoms with van der Waals surface area (Å²) in [6, 6.07) is 4.32. The predicted molar refractivity (Wildman–Crippen MR) is 80.8 cm³/mol. The summed E-state index contributed by atoms with van der Waals surface area (Å²) in [7, 11) is 0. The number of nitrogens with zero attached hydrogens (tertiary/aromatic N) is 1. The van der Waals surface area contributed by atoms with Crippen molar-refractivity contribution in [2.75, 3.05) is 0 Å². The molecule has 0 atom stereocenters. The van der Waals surface area contributed by atoms with Gasteiger partial charge in [-0.25, -0.2) is 4.39 Å². The number of amides is 1. The van der Waals surface area contributed by atoms with Gasteiger partial charge >= 0.3 is 0 Å². The average Bonchev–Trinajstić information content (AvgIpc) is 2.47. The number of amidine groups is 1. The Balaban J connectivity index is 2.31. The third kappa shape index (κ3) is 3.18. The van der Waals surface area contributed by atoms with E-state index in [0.29, 0.717) is 17.3 Å². The lowest BCUT2D eigenvalue weighted by Crippen LogP contribution is -2.58. The van der Waals surface area contributed by atoms with E-state index in [-0.39, 0.29) is 11.4 Å². The second kappa shape index (κ2) is 6.43. The molecule has 5 nitrogen and oxygen atoms in total. The normalized spacial score (nSPS) is 18.3. The zero-order valence-corrected chi connectivity index (χ0v) is 13.0. The molecule has 0 aromatic heterocycles. The number of oxime groups is 1. The second-order valence-corrected chi connectivity index (χ2v) is 6.03. The van der Waals surface area contributed by atoms with Crippen molar-refractivity contribution in [3.63, 3.8) is 0 Å². The molecule has 0 spiro atoms. The monoisotopic (exact) mass is 357 g/mol. The number of nitrogens with one attached hydrogen (secondary N) is 1. The molecule has 1 aromatic rings. The topological polar surface area (TPSA) is 87.7 Å². The van der Waals surface area contributed by atoms with Crippen LogP contribution in [0.2, 0.25) is 0 Å². The van der Waals surface area contributed by atoms with Gasteiger partial charge in [0.2, 0.25) is 0 Å². The first kappa shape index (κ1) is 15.8. The van der Waals surface area contributed by atoms with Gasteiger partial charge in [0.15, 0.2) is 5.84 Å². The molecule has 0 radical (unpaired) electrons. The van der Waals surface area contributed by atoms with E-state index in [1.165, 1.54) is 12.1 Å². The standard InChI is InChI=1S/C14H17BrFN3O2/c15-9-5-4-6-10(16)11(9)12(20)18-14(13(17)19-21)7-2-1-3-8-14/h4-6,21H,1-3,7-8H2,(H2,17,19)(H,18,20). The Morgan fingerprint density at radius 2 is 2.05 bits per heavy atom. The van der Waals surface area contributed by atoms with Crippen LogP contribution in [0.25, 0.3) is 0 Å². The van der Waals surface area contributed by atoms with Crippen molar-refractivity contribution in [2.24, 2.45) is 10.9 Å². The van der Waals surface area contributed by atoms with E-state index in [9.17, 15) is 9.18 Å². The molecule has 0 aliphatic heterocycles. The molecule has 1 fully saturated rings. The highest BCUT2D eigenvalue weighted by Gasteiger charge is 2.39. The molecular weight excluding hydrogens is 341 g/mol. The molecule has 0 unspecified atom stereocenters. The van der Waals surface area contributed by atoms with Gasteiger partial charge in [-0.2, -0.15) is 0 Å². The van der Waals surface area contributed by atoms with Crippen molar-refractivity contribution < 1.29 is 14.4 Å². The van der Waals surface area contributed by atoms with Crippen LogP contribution >= 0.6 is 15.9 Å². The molecule has 1 aliphatic carbocycles. The number of hydrogen-bond donors (Lipinski definition) is 3. The summed E-state index contributed by atoms with van der Waals surface area (Å²) in [6.07, 6.45) is 3.88. The Bertz CT molecular complexity index is 551. The third-order valence-electron chi connectivity index (χ3n) is 3.85. The number of carbonyl (C=O) groups excluding carboxylic acids is 1. The first-order chi connectivity index (χ1) is 10.00. The highest BCUT2D eigenvalue weighted by molar-refractivity contribution is 9.10. The number of benzene rings is 1. The number of carbonyl (C=O) groups is 1. The van der Waals surface area contributed by atoms with Crippen molar-refractivity contribution >= 4 is 27.7 Å². The number of rotatable bonds is 3. The van der Waals surface area contributed by atoms with Crippen LogP contribution in [0.15, 0.2) is 27.8 Å². The Labute approximate surface area is 130 Å². The molecule has 1 amide bonds. The largest absolute Gasteiger partial charge is 0.409 e. The molecule has 114 valence electrons. The maximum atomic E-state index is 13.9. The fraction of sp³-hybridized carbons (Fsp3) is 0.429. The fourth-order valence-electron chi connectivity index (χ4n) is 2.69. The van der Waals surface area contributed by atoms with Crippen LogP contribution in [-0.2, 0) is 0 Å². The lowest BCUT2D eigenvalue weighted by molar-refractivity contribution is 0.0900. The van der Waals surface area contributed by atoms with E-state index < -0.39 is 17.3 Å². The van der Waals surface area contributed by atoms with Gasteiger partial charge in [0.05, 0.1) is 5.56 Å². The van der Waals surface area contributed by atoms with Crippen LogP contribution in [0.3, 0.4) is 0 Å². The van der Waals surface area contributed by atoms with Crippen LogP contribution in [0.1, 0.15) is 42.5 Å². The zero-order valence-electron chi connectivity index (χ0n) is 11.4. The maximum absolute atomic E-state index is 13.9. The second-order valence-electron chi connectivity index (χ2n) is 5.18. The van der Waals surface area contributed by atoms with Crippen molar-refractivity contribution in [1.29, 1.82) is 0 Å². The number of nitrogens with two attached hydrogens (primary N) is 1. The maximum Gasteiger partial charge on any atom is 0.256 e. The lowest BCUT2D eigenvalue weighted by Gasteiger charge is -2.36. The van der Waals surface area contributed by atoms with Gasteiger partial charge in [-0.1, -0.05) is 30.5 Å². The molecule has 1 aromatic carbocycles. The van der Waals surface area contributed by atoms with Gasteiger partial charge in [-0.15, -0.1) is 0 Å². The van der Waals surface area contributed by atoms with Crippen molar-refractivity contribution in [3.05, 3.63) is 34.1 Å². The summed E-state index contributed by atoms with van der Waals surface area (Å²) in [5.74, 6) is -1.23. The molecule has 4 N–H and O–H groups in total. The summed E-state index contributed by atoms with van der Waals surface area (Å²) >= 11 is 3.17. The Kier molecular flexibility index (Phi) is 4.82. The Morgan fingerprint density at radius 3 is 2.62 bits per heavy atom. The van der Waals surface area contributed by atoms with Crippen molar-refractivity contribution in [2.45, 2.75) is 37.6 Å². The molecule has 0 saturated heterocycles. The first-order valence-electron chi connectivity index (χ1n) is 6.75. The number of hydrogen-bond acceptors (Lipinski definition) is 3. The van der Waals surface area contributed by atoms with Crippen molar-refractivity contribution in [3.8, 4) is 0 Å². The SMILES string of the molecule is N/C(=N/O)C1(NC(=O)c2c(F)cccc2Br)CCCCC1. The molecule has 7 heteroatoms. The molecule has 0 heterocycles. The predicted octanol–water partition coefficient (Wildman–Crippen LogP) is 2.77. The van der Waals surface area contributed by atoms with Gasteiger partial charge in [-0.05, 0) is 40.9 Å². The summed E-state index contributed by atoms with van der Waals surface area (Å²) < 4.78 is 14.2. The Morgan fingerprint density at radius 1 is 1.38 bits per heavy atom. The number of halogens is 2. The molecule has 2 rings (SSSR count). The van der Waals surface area contributed by atoms with Crippen molar-refractivity contribution in [1.82, 2.24) is 5.32 Å². The minimum absolute atomic E-state index is 0.0389. The molecule has 1 aliphatic rings. The minimum atomic E-state index is -0.911. The summed E-state index contributed by atoms with van der Waals surface area (Å²) in [5, 5.41) is 14.8. The molecule has 21 heavy (non-hydrogen) atoms. The Hall–Kier alpha value is -1.63. The zero-order chi connectivity index (χ0) is 15.5. The molecule has 0 bridgehead atoms. The van der Waals surface area contributed by atoms with Crippen LogP contribution in [0.4, 0.5) is 4.39 Å². The van der Waals surface area contributed by atoms with Gasteiger partial charge in [0.25, 0.3) is 5.91 Å². The van der Waals surface area contributed by atoms with E-state index in [1.54, 1.807) is 6.07 Å². The lowest BCUT2D eigenvalue weighted by atomic mass is 9.80. The first-order valence-corrected chi connectivity index (χ1v) is 7.54. The van der Waals surface area contributed by atoms with E-state index >= 15 is 0 Å². The summed E-state index contributed by atoms with van der Waals surface area (Å²) in [4.78, 5) is 12.4. The van der Waals surface area contributed by atoms with E-state index in [1.807, 2.05) is 0 Å². The van der Waals surface area contributed by atoms with E-state index in [2.05, 4.69) is 26.4 Å². The van der Waals surface area contributed by atoms with Gasteiger partial charge < -0.3 is 16.3 Å². The molecule has 1 saturated carbocycles. The average molecular weight is 358 g/mol. The van der Waals surface area contributed by atoms with E-state index in [0.717, 1.165) is 19.3 Å². The highest BCUT2D eigenvalue weighted by atomic mass is 79.9. The van der Waals surface area contributed by atoms with E-state index in [4.69, 9.17) is 10.9 Å². The third-order valence-corrected chi connectivity index (χ3v) is 4.51. The summed E-state index contributed by atoms with van der Waals surface area (Å²) in [6.45, 7) is 0. The van der Waals surface area contributed by atoms with Gasteiger partial charge in [0, 0.05) is 4.47 Å². The molecular formula is C14H17BrFN3O2. The minimum Gasteiger partial charge on any atom is -0.409 e. The van der Waals surface area contributed by atoms with Crippen LogP contribution in [0, 0.1) is 5.82 Å². The van der Waals surface area contributed by atoms with Gasteiger partial charge in [0.1, 0.15) is 11.4 Å². The summed E-state index contributed by atoms with van der Waals surface area (Å²) in [5.41, 5.74) is 4.78. The highest BCUT2D eigenvalue weighted by Crippen LogP contribution is 2.30. The smallest absolute Gasteiger partial charge is 0.256 e. The van der Waals surface area contributed by atoms with Crippen LogP contribution in [0.5, 0.6) is 0 Å². The fourth-order valence-corrected chi connectivity index (χ4v) is 3.21. The van der Waals surface area contributed by atoms with Gasteiger partial charge in [-0.3, -0.25) is 4.79 Å². The van der Waals surface area contributed by atoms with Crippen LogP contribution in [-0.4, -0.2) is 22.5 Å². The quantitative estimate of drug-likeness (QED) is 0.336.